The number of imidazole rings is 2. The quantitative estimate of drug-likeness (QED) is 0.0280. The van der Waals surface area contributed by atoms with Gasteiger partial charge in [-0.1, -0.05) is 24.3 Å². The monoisotopic (exact) mass is 732 g/mol. The van der Waals surface area contributed by atoms with Crippen molar-refractivity contribution in [2.75, 3.05) is 23.8 Å². The molecule has 18 heteroatoms. The molecule has 8 N–H and O–H groups in total. The molecule has 2 amide bonds. The molecule has 274 valence electrons. The number of allylic oxidation sites excluding steroid dienone is 2. The van der Waals surface area contributed by atoms with E-state index in [0.29, 0.717) is 44.9 Å². The lowest BCUT2D eigenvalue weighted by atomic mass is 10.2. The Labute approximate surface area is 304 Å². The van der Waals surface area contributed by atoms with Crippen LogP contribution in [0.1, 0.15) is 13.8 Å². The summed E-state index contributed by atoms with van der Waals surface area (Å²) in [5.41, 5.74) is 1.89. The van der Waals surface area contributed by atoms with E-state index in [9.17, 15) is 29.4 Å². The van der Waals surface area contributed by atoms with Crippen LogP contribution in [0.2, 0.25) is 0 Å². The van der Waals surface area contributed by atoms with Gasteiger partial charge in [-0.05, 0) is 74.5 Å². The molecule has 0 fully saturated rings. The number of nitrogens with one attached hydrogen (secondary N) is 6. The molecule has 0 atom stereocenters. The lowest BCUT2D eigenvalue weighted by molar-refractivity contribution is -0.113. The second-order valence-electron chi connectivity index (χ2n) is 11.5. The third kappa shape index (κ3) is 8.75. The summed E-state index contributed by atoms with van der Waals surface area (Å²) in [5, 5.41) is 41.9. The van der Waals surface area contributed by atoms with E-state index >= 15 is 0 Å². The number of aromatic nitrogens is 4. The van der Waals surface area contributed by atoms with E-state index in [1.54, 1.807) is 84.9 Å². The van der Waals surface area contributed by atoms with Crippen LogP contribution in [0.5, 0.6) is 11.5 Å². The Morgan fingerprint density at radius 1 is 0.593 bits per heavy atom. The maximum absolute atomic E-state index is 13.0. The number of benzene rings is 4. The van der Waals surface area contributed by atoms with E-state index in [4.69, 9.17) is 9.47 Å². The topological polar surface area (TPSA) is 264 Å². The van der Waals surface area contributed by atoms with Crippen molar-refractivity contribution in [1.82, 2.24) is 19.9 Å². The van der Waals surface area contributed by atoms with Crippen LogP contribution in [0.25, 0.3) is 22.1 Å². The van der Waals surface area contributed by atoms with Gasteiger partial charge in [-0.25, -0.2) is 9.59 Å². The maximum Gasteiger partial charge on any atom is 0.323 e. The molecule has 0 aliphatic heterocycles. The Morgan fingerprint density at radius 3 is 1.39 bits per heavy atom. The molecule has 0 aliphatic rings. The van der Waals surface area contributed by atoms with Crippen LogP contribution in [-0.2, 0) is 9.59 Å². The van der Waals surface area contributed by atoms with Gasteiger partial charge in [-0.15, -0.1) is 20.5 Å². The van der Waals surface area contributed by atoms with Gasteiger partial charge in [0.2, 0.25) is 0 Å². The van der Waals surface area contributed by atoms with Crippen LogP contribution in [0.4, 0.5) is 22.7 Å². The van der Waals surface area contributed by atoms with Crippen LogP contribution in [0.3, 0.4) is 0 Å². The number of amides is 2. The number of aliphatic hydroxyl groups excluding tert-OH is 2. The number of azo groups is 2. The number of ether oxygens (including phenoxy) is 2. The standard InChI is InChI=1S/C36H32N10O8/c1-19(47)31(33(49)37-21-11-13-23-27(17-21)41-35(51)39-23)45-43-25-7-3-5-9-29(25)53-15-16-54-30-10-6-4-8-26(30)44-46-32(20(2)48)34(50)38-22-12-14-24-28(18-22)42-36(52)40-24/h3-14,17-18,47-48H,15-16H2,1-2H3,(H,37,49)(H,38,50)(H2,39,41,51)(H2,40,42,52)/b31-19+,32-20+,45-43?,46-44?. The fourth-order valence-corrected chi connectivity index (χ4v) is 5.00. The number of hydrogen-bond acceptors (Lipinski definition) is 12. The number of H-pyrrole nitrogens is 4. The number of aliphatic hydroxyl groups is 2. The number of carbonyl (C=O) groups is 2. The summed E-state index contributed by atoms with van der Waals surface area (Å²) in [6.45, 7) is 2.68. The van der Waals surface area contributed by atoms with Crippen molar-refractivity contribution in [1.29, 1.82) is 0 Å². The first-order valence-corrected chi connectivity index (χ1v) is 16.2. The number of carbonyl (C=O) groups excluding carboxylic acids is 2. The van der Waals surface area contributed by atoms with Crippen LogP contribution >= 0.6 is 0 Å². The molecule has 0 saturated heterocycles. The van der Waals surface area contributed by atoms with E-state index < -0.39 is 11.8 Å². The predicted molar refractivity (Wildman–Crippen MR) is 199 cm³/mol. The molecule has 0 bridgehead atoms. The first-order chi connectivity index (χ1) is 26.0. The van der Waals surface area contributed by atoms with Crippen molar-refractivity contribution in [3.63, 3.8) is 0 Å². The highest BCUT2D eigenvalue weighted by Gasteiger charge is 2.16. The molecule has 0 unspecified atom stereocenters. The summed E-state index contributed by atoms with van der Waals surface area (Å²) in [5.74, 6) is -1.58. The van der Waals surface area contributed by atoms with Gasteiger partial charge >= 0.3 is 11.4 Å². The molecular weight excluding hydrogens is 700 g/mol. The van der Waals surface area contributed by atoms with Crippen molar-refractivity contribution in [2.24, 2.45) is 20.5 Å². The van der Waals surface area contributed by atoms with Gasteiger partial charge in [0.15, 0.2) is 11.4 Å². The smallest absolute Gasteiger partial charge is 0.323 e. The second kappa shape index (κ2) is 16.1. The van der Waals surface area contributed by atoms with Crippen molar-refractivity contribution in [2.45, 2.75) is 13.8 Å². The average molecular weight is 733 g/mol. The summed E-state index contributed by atoms with van der Waals surface area (Å²) < 4.78 is 11.8. The Kier molecular flexibility index (Phi) is 10.7. The molecule has 54 heavy (non-hydrogen) atoms. The predicted octanol–water partition coefficient (Wildman–Crippen LogP) is 6.51. The van der Waals surface area contributed by atoms with Crippen molar-refractivity contribution in [3.8, 4) is 11.5 Å². The fraction of sp³-hybridized carbons (Fsp3) is 0.111. The molecule has 2 aromatic heterocycles. The zero-order chi connectivity index (χ0) is 38.2. The Hall–Kier alpha value is -7.76. The van der Waals surface area contributed by atoms with Gasteiger partial charge in [0, 0.05) is 11.4 Å². The van der Waals surface area contributed by atoms with Crippen molar-refractivity contribution >= 4 is 56.6 Å². The average Bonchev–Trinajstić information content (AvgIpc) is 3.70. The molecule has 0 radical (unpaired) electrons. The zero-order valence-corrected chi connectivity index (χ0v) is 28.6. The normalized spacial score (nSPS) is 12.6. The third-order valence-corrected chi connectivity index (χ3v) is 7.51. The van der Waals surface area contributed by atoms with E-state index in [-0.39, 0.29) is 58.9 Å². The first kappa shape index (κ1) is 36.0. The van der Waals surface area contributed by atoms with Crippen LogP contribution < -0.4 is 31.5 Å². The number of aromatic amines is 4. The minimum absolute atomic E-state index is 0.0456. The van der Waals surface area contributed by atoms with E-state index in [0.717, 1.165) is 0 Å². The Morgan fingerprint density at radius 2 is 0.981 bits per heavy atom. The number of fused-ring (bicyclic) bond motifs is 2. The van der Waals surface area contributed by atoms with Gasteiger partial charge < -0.3 is 50.3 Å². The Balaban J connectivity index is 1.06. The molecule has 4 aromatic carbocycles. The highest BCUT2D eigenvalue weighted by atomic mass is 16.5. The van der Waals surface area contributed by atoms with Crippen LogP contribution in [0, 0.1) is 0 Å². The summed E-state index contributed by atoms with van der Waals surface area (Å²) >= 11 is 0. The summed E-state index contributed by atoms with van der Waals surface area (Å²) in [4.78, 5) is 59.5. The zero-order valence-electron chi connectivity index (χ0n) is 28.6. The highest BCUT2D eigenvalue weighted by molar-refractivity contribution is 6.05. The highest BCUT2D eigenvalue weighted by Crippen LogP contribution is 2.30. The largest absolute Gasteiger partial charge is 0.510 e. The molecule has 0 spiro atoms. The van der Waals surface area contributed by atoms with E-state index in [1.807, 2.05) is 0 Å². The lowest BCUT2D eigenvalue weighted by Crippen LogP contribution is -2.14. The lowest BCUT2D eigenvalue weighted by Gasteiger charge is -2.11. The molecule has 6 rings (SSSR count). The molecule has 6 aromatic rings. The molecule has 2 heterocycles. The van der Waals surface area contributed by atoms with E-state index in [2.05, 4.69) is 51.0 Å². The minimum atomic E-state index is -0.732. The summed E-state index contributed by atoms with van der Waals surface area (Å²) in [6.07, 6.45) is 0. The number of hydrogen-bond donors (Lipinski definition) is 8. The number of para-hydroxylation sites is 2. The van der Waals surface area contributed by atoms with Crippen molar-refractivity contribution < 1.29 is 29.3 Å². The molecule has 0 saturated carbocycles. The van der Waals surface area contributed by atoms with Crippen molar-refractivity contribution in [3.05, 3.63) is 129 Å². The molecule has 18 nitrogen and oxygen atoms in total. The SMILES string of the molecule is C/C(O)=C(\N=Nc1ccccc1OCCOc1ccccc1N=N/C(C(=O)Nc1ccc2[nH]c(=O)[nH]c2c1)=C(\C)O)C(=O)Nc1ccc2[nH]c(=O)[nH]c2c1. The number of anilines is 2. The van der Waals surface area contributed by atoms with Gasteiger partial charge in [-0.2, -0.15) is 0 Å². The summed E-state index contributed by atoms with van der Waals surface area (Å²) in [6, 6.07) is 22.8. The van der Waals surface area contributed by atoms with Crippen LogP contribution in [0.15, 0.2) is 138 Å². The van der Waals surface area contributed by atoms with E-state index in [1.165, 1.54) is 13.8 Å². The molecule has 0 aliphatic carbocycles. The third-order valence-electron chi connectivity index (χ3n) is 7.51. The second-order valence-corrected chi connectivity index (χ2v) is 11.5. The molecular formula is C36H32N10O8. The first-order valence-electron chi connectivity index (χ1n) is 16.2. The van der Waals surface area contributed by atoms with Gasteiger partial charge in [-0.3, -0.25) is 9.59 Å². The van der Waals surface area contributed by atoms with Gasteiger partial charge in [0.25, 0.3) is 11.8 Å². The Bertz CT molecular complexity index is 2420. The minimum Gasteiger partial charge on any atom is -0.510 e. The van der Waals surface area contributed by atoms with Gasteiger partial charge in [0.1, 0.15) is 47.6 Å². The number of nitrogens with zero attached hydrogens (tertiary/aromatic N) is 4. The number of rotatable bonds is 13. The fourth-order valence-electron chi connectivity index (χ4n) is 5.00. The summed E-state index contributed by atoms with van der Waals surface area (Å²) in [7, 11) is 0. The van der Waals surface area contributed by atoms with Crippen LogP contribution in [-0.4, -0.2) is 55.2 Å². The maximum atomic E-state index is 13.0. The van der Waals surface area contributed by atoms with Gasteiger partial charge in [0.05, 0.1) is 22.1 Å².